The van der Waals surface area contributed by atoms with Gasteiger partial charge in [0.25, 0.3) is 0 Å². The van der Waals surface area contributed by atoms with Gasteiger partial charge in [-0.15, -0.1) is 0 Å². The molecule has 0 radical (unpaired) electrons. The van der Waals surface area contributed by atoms with E-state index in [1.807, 2.05) is 0 Å². The van der Waals surface area contributed by atoms with Crippen LogP contribution in [0.2, 0.25) is 0 Å². The van der Waals surface area contributed by atoms with E-state index in [1.54, 1.807) is 0 Å². The molecule has 0 aliphatic heterocycles. The van der Waals surface area contributed by atoms with Crippen LogP contribution in [-0.4, -0.2) is 22.2 Å². The first-order valence-electron chi connectivity index (χ1n) is 4.50. The Labute approximate surface area is 107 Å². The maximum absolute atomic E-state index is 9.43. The van der Waals surface area contributed by atoms with Gasteiger partial charge in [0.15, 0.2) is 0 Å². The summed E-state index contributed by atoms with van der Waals surface area (Å²) in [4.78, 5) is 18.9. The van der Waals surface area contributed by atoms with Crippen LogP contribution in [0.1, 0.15) is 17.5 Å². The molecule has 0 amide bonds. The van der Waals surface area contributed by atoms with E-state index in [-0.39, 0.29) is 0 Å². The highest BCUT2D eigenvalue weighted by Crippen LogP contribution is 2.13. The number of carbonyl (C=O) groups is 2. The highest BCUT2D eigenvalue weighted by molar-refractivity contribution is 14.1. The number of carboxylic acids is 2. The minimum absolute atomic E-state index is 0.806. The first-order chi connectivity index (χ1) is 7.34. The van der Waals surface area contributed by atoms with Gasteiger partial charge in [0.1, 0.15) is 6.42 Å². The van der Waals surface area contributed by atoms with Crippen molar-refractivity contribution >= 4 is 34.5 Å². The Morgan fingerprint density at radius 1 is 1.19 bits per heavy atom. The van der Waals surface area contributed by atoms with Crippen LogP contribution < -0.4 is 0 Å². The maximum Gasteiger partial charge on any atom is 0.314 e. The van der Waals surface area contributed by atoms with Gasteiger partial charge in [0, 0.05) is 3.57 Å². The van der Waals surface area contributed by atoms with Crippen LogP contribution in [0.15, 0.2) is 18.2 Å². The summed E-state index contributed by atoms with van der Waals surface area (Å²) in [5.41, 5.74) is 2.78. The van der Waals surface area contributed by atoms with E-state index < -0.39 is 18.4 Å². The molecular weight excluding hydrogens is 323 g/mol. The first kappa shape index (κ1) is 14.9. The number of hydrogen-bond acceptors (Lipinski definition) is 2. The number of carboxylic acid groups (broad SMARTS) is 2. The monoisotopic (exact) mass is 336 g/mol. The van der Waals surface area contributed by atoms with E-state index in [0.717, 1.165) is 0 Å². The molecule has 0 bridgehead atoms. The van der Waals surface area contributed by atoms with E-state index in [9.17, 15) is 9.59 Å². The lowest BCUT2D eigenvalue weighted by atomic mass is 10.1. The number of benzene rings is 1. The summed E-state index contributed by atoms with van der Waals surface area (Å²) in [5, 5.41) is 15.4. The second kappa shape index (κ2) is 7.21. The lowest BCUT2D eigenvalue weighted by Crippen LogP contribution is -2.03. The summed E-state index contributed by atoms with van der Waals surface area (Å²) in [6, 6.07) is 6.35. The number of aryl methyl sites for hydroxylation is 1. The second-order valence-corrected chi connectivity index (χ2v) is 4.31. The molecule has 0 unspecified atom stereocenters. The van der Waals surface area contributed by atoms with Crippen LogP contribution >= 0.6 is 22.6 Å². The van der Waals surface area contributed by atoms with Gasteiger partial charge >= 0.3 is 11.9 Å². The number of rotatable bonds is 2. The average molecular weight is 336 g/mol. The predicted octanol–water partition coefficient (Wildman–Crippen LogP) is 2.45. The molecule has 1 aromatic rings. The Bertz CT molecular complexity index is 355. The topological polar surface area (TPSA) is 74.6 Å². The summed E-state index contributed by atoms with van der Waals surface area (Å²) in [6.45, 7) is 4.29. The van der Waals surface area contributed by atoms with E-state index >= 15 is 0 Å². The van der Waals surface area contributed by atoms with Crippen LogP contribution in [0.3, 0.4) is 0 Å². The summed E-state index contributed by atoms with van der Waals surface area (Å²) < 4.78 is 1.35. The molecule has 0 aliphatic carbocycles. The normalized spacial score (nSPS) is 8.94. The quantitative estimate of drug-likeness (QED) is 0.643. The summed E-state index contributed by atoms with van der Waals surface area (Å²) in [7, 11) is 0. The minimum atomic E-state index is -1.31. The van der Waals surface area contributed by atoms with Crippen molar-refractivity contribution in [1.29, 1.82) is 0 Å². The lowest BCUT2D eigenvalue weighted by molar-refractivity contribution is -0.147. The minimum Gasteiger partial charge on any atom is -0.481 e. The van der Waals surface area contributed by atoms with Crippen LogP contribution in [0.25, 0.3) is 0 Å². The third kappa shape index (κ3) is 6.39. The Morgan fingerprint density at radius 3 is 1.94 bits per heavy atom. The van der Waals surface area contributed by atoms with Crippen molar-refractivity contribution in [3.8, 4) is 0 Å². The smallest absolute Gasteiger partial charge is 0.314 e. The van der Waals surface area contributed by atoms with E-state index in [1.165, 1.54) is 14.7 Å². The van der Waals surface area contributed by atoms with Crippen molar-refractivity contribution in [2.24, 2.45) is 0 Å². The molecule has 0 saturated heterocycles. The van der Waals surface area contributed by atoms with Crippen molar-refractivity contribution in [2.45, 2.75) is 20.3 Å². The standard InChI is InChI=1S/C8H9I.C3H4O4/c1-6-4-3-5-8(9)7(6)2;4-2(5)1-3(6)7/h3-5H,1-2H3;1H2,(H,4,5)(H,6,7). The van der Waals surface area contributed by atoms with Crippen molar-refractivity contribution in [3.05, 3.63) is 32.9 Å². The molecule has 2 N–H and O–H groups in total. The molecule has 0 aromatic heterocycles. The SMILES string of the molecule is Cc1cccc(I)c1C.O=C(O)CC(=O)O. The van der Waals surface area contributed by atoms with Crippen molar-refractivity contribution < 1.29 is 19.8 Å². The summed E-state index contributed by atoms with van der Waals surface area (Å²) in [5.74, 6) is -2.62. The molecule has 0 heterocycles. The third-order valence-corrected chi connectivity index (χ3v) is 3.01. The summed E-state index contributed by atoms with van der Waals surface area (Å²) in [6.07, 6.45) is -0.806. The summed E-state index contributed by atoms with van der Waals surface area (Å²) >= 11 is 2.35. The van der Waals surface area contributed by atoms with Gasteiger partial charge in [-0.2, -0.15) is 0 Å². The van der Waals surface area contributed by atoms with Crippen LogP contribution in [-0.2, 0) is 9.59 Å². The molecular formula is C11H13IO4. The molecule has 5 heteroatoms. The average Bonchev–Trinajstić information content (AvgIpc) is 2.12. The fourth-order valence-electron chi connectivity index (χ4n) is 0.845. The Morgan fingerprint density at radius 2 is 1.69 bits per heavy atom. The van der Waals surface area contributed by atoms with Crippen molar-refractivity contribution in [2.75, 3.05) is 0 Å². The highest BCUT2D eigenvalue weighted by atomic mass is 127. The predicted molar refractivity (Wildman–Crippen MR) is 68.5 cm³/mol. The number of hydrogen-bond donors (Lipinski definition) is 2. The molecule has 1 aromatic carbocycles. The van der Waals surface area contributed by atoms with Crippen molar-refractivity contribution in [3.63, 3.8) is 0 Å². The zero-order chi connectivity index (χ0) is 12.7. The zero-order valence-electron chi connectivity index (χ0n) is 9.03. The zero-order valence-corrected chi connectivity index (χ0v) is 11.2. The van der Waals surface area contributed by atoms with Gasteiger partial charge in [0.2, 0.25) is 0 Å². The fourth-order valence-corrected chi connectivity index (χ4v) is 1.48. The van der Waals surface area contributed by atoms with Gasteiger partial charge in [-0.25, -0.2) is 0 Å². The second-order valence-electron chi connectivity index (χ2n) is 3.15. The molecule has 16 heavy (non-hydrogen) atoms. The molecule has 4 nitrogen and oxygen atoms in total. The Hall–Kier alpha value is -1.11. The van der Waals surface area contributed by atoms with Crippen LogP contribution in [0.4, 0.5) is 0 Å². The van der Waals surface area contributed by atoms with E-state index in [4.69, 9.17) is 10.2 Å². The van der Waals surface area contributed by atoms with Gasteiger partial charge in [-0.05, 0) is 53.6 Å². The molecule has 0 fully saturated rings. The highest BCUT2D eigenvalue weighted by Gasteiger charge is 2.01. The lowest BCUT2D eigenvalue weighted by Gasteiger charge is -1.99. The Kier molecular flexibility index (Phi) is 6.71. The molecule has 0 spiro atoms. The van der Waals surface area contributed by atoms with Crippen LogP contribution in [0.5, 0.6) is 0 Å². The molecule has 0 aliphatic rings. The molecule has 88 valence electrons. The van der Waals surface area contributed by atoms with Gasteiger partial charge in [-0.1, -0.05) is 12.1 Å². The molecule has 0 saturated carbocycles. The van der Waals surface area contributed by atoms with E-state index in [2.05, 4.69) is 54.6 Å². The molecule has 1 rings (SSSR count). The van der Waals surface area contributed by atoms with Gasteiger partial charge < -0.3 is 10.2 Å². The largest absolute Gasteiger partial charge is 0.481 e. The first-order valence-corrected chi connectivity index (χ1v) is 5.57. The van der Waals surface area contributed by atoms with Gasteiger partial charge in [0.05, 0.1) is 0 Å². The maximum atomic E-state index is 9.43. The number of halogens is 1. The fraction of sp³-hybridized carbons (Fsp3) is 0.273. The number of aliphatic carboxylic acids is 2. The Balaban J connectivity index is 0.000000293. The molecule has 0 atom stereocenters. The van der Waals surface area contributed by atoms with Gasteiger partial charge in [-0.3, -0.25) is 9.59 Å². The van der Waals surface area contributed by atoms with Crippen molar-refractivity contribution in [1.82, 2.24) is 0 Å². The van der Waals surface area contributed by atoms with Crippen LogP contribution in [0, 0.1) is 17.4 Å². The van der Waals surface area contributed by atoms with E-state index in [0.29, 0.717) is 0 Å². The third-order valence-electron chi connectivity index (χ3n) is 1.84.